The monoisotopic (exact) mass is 162 g/mol. The van der Waals surface area contributed by atoms with E-state index in [2.05, 4.69) is 10.6 Å². The van der Waals surface area contributed by atoms with Crippen LogP contribution in [0.5, 0.6) is 0 Å². The van der Waals surface area contributed by atoms with Gasteiger partial charge in [-0.2, -0.15) is 0 Å². The van der Waals surface area contributed by atoms with Crippen molar-refractivity contribution in [2.75, 3.05) is 13.8 Å². The molecule has 0 saturated carbocycles. The molecular formula is C6H14N2OS. The molecule has 0 aliphatic carbocycles. The molecule has 4 heteroatoms. The van der Waals surface area contributed by atoms with Gasteiger partial charge >= 0.3 is 0 Å². The van der Waals surface area contributed by atoms with Crippen molar-refractivity contribution in [3.05, 3.63) is 0 Å². The molecule has 0 heterocycles. The Bertz CT molecular complexity index is 106. The van der Waals surface area contributed by atoms with Crippen LogP contribution in [0, 0.1) is 0 Å². The first-order chi connectivity index (χ1) is 4.66. The first-order valence-electron chi connectivity index (χ1n) is 3.20. The molecule has 0 aromatic heterocycles. The van der Waals surface area contributed by atoms with Crippen LogP contribution < -0.4 is 10.6 Å². The molecule has 10 heavy (non-hydrogen) atoms. The predicted molar refractivity (Wildman–Crippen MR) is 45.9 cm³/mol. The van der Waals surface area contributed by atoms with Crippen LogP contribution in [0.4, 0.5) is 0 Å². The maximum atomic E-state index is 4.89. The Hall–Kier alpha value is -0.350. The maximum Gasteiger partial charge on any atom is 0.168 e. The number of rotatable bonds is 3. The second-order valence-electron chi connectivity index (χ2n) is 2.24. The Morgan fingerprint density at radius 1 is 1.60 bits per heavy atom. The predicted octanol–water partition coefficient (Wildman–Crippen LogP) is 0.463. The zero-order valence-corrected chi connectivity index (χ0v) is 7.42. The molecule has 0 atom stereocenters. The molecule has 0 saturated heterocycles. The molecule has 0 amide bonds. The summed E-state index contributed by atoms with van der Waals surface area (Å²) in [6.07, 6.45) is 0. The van der Waals surface area contributed by atoms with Crippen molar-refractivity contribution >= 4 is 17.3 Å². The smallest absolute Gasteiger partial charge is 0.168 e. The van der Waals surface area contributed by atoms with Crippen LogP contribution in [-0.2, 0) is 4.74 Å². The van der Waals surface area contributed by atoms with Crippen LogP contribution in [0.2, 0.25) is 0 Å². The van der Waals surface area contributed by atoms with Crippen molar-refractivity contribution < 1.29 is 4.74 Å². The highest BCUT2D eigenvalue weighted by Crippen LogP contribution is 1.75. The summed E-state index contributed by atoms with van der Waals surface area (Å²) in [6.45, 7) is 4.51. The summed E-state index contributed by atoms with van der Waals surface area (Å²) < 4.78 is 4.76. The van der Waals surface area contributed by atoms with Crippen LogP contribution in [0.15, 0.2) is 0 Å². The lowest BCUT2D eigenvalue weighted by Crippen LogP contribution is -2.39. The van der Waals surface area contributed by atoms with Crippen molar-refractivity contribution in [1.29, 1.82) is 0 Å². The SMILES string of the molecule is COCNC(=S)NC(C)C. The molecule has 2 N–H and O–H groups in total. The molecule has 0 aromatic carbocycles. The van der Waals surface area contributed by atoms with Crippen molar-refractivity contribution in [1.82, 2.24) is 10.6 Å². The Labute approximate surface area is 67.1 Å². The van der Waals surface area contributed by atoms with Gasteiger partial charge in [0.15, 0.2) is 5.11 Å². The van der Waals surface area contributed by atoms with Gasteiger partial charge < -0.3 is 15.4 Å². The average molecular weight is 162 g/mol. The summed E-state index contributed by atoms with van der Waals surface area (Å²) in [5.74, 6) is 0. The summed E-state index contributed by atoms with van der Waals surface area (Å²) >= 11 is 4.89. The van der Waals surface area contributed by atoms with Crippen molar-refractivity contribution in [2.45, 2.75) is 19.9 Å². The van der Waals surface area contributed by atoms with Gasteiger partial charge in [-0.3, -0.25) is 0 Å². The fourth-order valence-corrected chi connectivity index (χ4v) is 0.746. The van der Waals surface area contributed by atoms with Crippen LogP contribution >= 0.6 is 12.2 Å². The Morgan fingerprint density at radius 2 is 2.20 bits per heavy atom. The average Bonchev–Trinajstić information content (AvgIpc) is 1.82. The van der Waals surface area contributed by atoms with E-state index in [0.717, 1.165) is 0 Å². The quantitative estimate of drug-likeness (QED) is 0.467. The lowest BCUT2D eigenvalue weighted by atomic mass is 10.4. The first-order valence-corrected chi connectivity index (χ1v) is 3.61. The molecule has 0 unspecified atom stereocenters. The Kier molecular flexibility index (Phi) is 5.25. The third-order valence-corrected chi connectivity index (χ3v) is 1.06. The number of hydrogen-bond acceptors (Lipinski definition) is 2. The third-order valence-electron chi connectivity index (χ3n) is 0.797. The molecule has 0 fully saturated rings. The molecule has 0 radical (unpaired) electrons. The lowest BCUT2D eigenvalue weighted by molar-refractivity contribution is 0.191. The van der Waals surface area contributed by atoms with Crippen LogP contribution in [0.1, 0.15) is 13.8 Å². The van der Waals surface area contributed by atoms with E-state index in [1.165, 1.54) is 0 Å². The fraction of sp³-hybridized carbons (Fsp3) is 0.833. The van der Waals surface area contributed by atoms with Gasteiger partial charge in [0.1, 0.15) is 6.73 Å². The van der Waals surface area contributed by atoms with E-state index in [4.69, 9.17) is 17.0 Å². The molecule has 3 nitrogen and oxygen atoms in total. The van der Waals surface area contributed by atoms with E-state index < -0.39 is 0 Å². The van der Waals surface area contributed by atoms with Gasteiger partial charge in [-0.15, -0.1) is 0 Å². The topological polar surface area (TPSA) is 33.3 Å². The maximum absolute atomic E-state index is 4.89. The van der Waals surface area contributed by atoms with E-state index in [-0.39, 0.29) is 0 Å². The van der Waals surface area contributed by atoms with E-state index >= 15 is 0 Å². The van der Waals surface area contributed by atoms with E-state index in [9.17, 15) is 0 Å². The fourth-order valence-electron chi connectivity index (χ4n) is 0.451. The standard InChI is InChI=1S/C6H14N2OS/c1-5(2)8-6(10)7-4-9-3/h5H,4H2,1-3H3,(H2,7,8,10). The van der Waals surface area contributed by atoms with Crippen molar-refractivity contribution in [3.8, 4) is 0 Å². The molecule has 60 valence electrons. The summed E-state index contributed by atoms with van der Waals surface area (Å²) in [6, 6.07) is 0.372. The number of ether oxygens (including phenoxy) is 1. The number of hydrogen-bond donors (Lipinski definition) is 2. The van der Waals surface area contributed by atoms with Crippen LogP contribution in [-0.4, -0.2) is 25.0 Å². The second kappa shape index (κ2) is 5.44. The number of nitrogens with one attached hydrogen (secondary N) is 2. The van der Waals surface area contributed by atoms with E-state index in [1.807, 2.05) is 13.8 Å². The number of thiocarbonyl (C=S) groups is 1. The Balaban J connectivity index is 3.26. The molecule has 0 aliphatic rings. The van der Waals surface area contributed by atoms with Gasteiger partial charge in [0.05, 0.1) is 0 Å². The highest BCUT2D eigenvalue weighted by Gasteiger charge is 1.94. The van der Waals surface area contributed by atoms with Crippen molar-refractivity contribution in [2.24, 2.45) is 0 Å². The summed E-state index contributed by atoms with van der Waals surface area (Å²) in [4.78, 5) is 0. The molecule has 0 bridgehead atoms. The zero-order valence-electron chi connectivity index (χ0n) is 6.60. The minimum absolute atomic E-state index is 0.372. The second-order valence-corrected chi connectivity index (χ2v) is 2.65. The largest absolute Gasteiger partial charge is 0.365 e. The van der Waals surface area contributed by atoms with Crippen LogP contribution in [0.25, 0.3) is 0 Å². The van der Waals surface area contributed by atoms with Crippen LogP contribution in [0.3, 0.4) is 0 Å². The van der Waals surface area contributed by atoms with Gasteiger partial charge in [0, 0.05) is 13.2 Å². The summed E-state index contributed by atoms with van der Waals surface area (Å²) in [5.41, 5.74) is 0. The highest BCUT2D eigenvalue weighted by atomic mass is 32.1. The van der Waals surface area contributed by atoms with Crippen molar-refractivity contribution in [3.63, 3.8) is 0 Å². The molecule has 0 rings (SSSR count). The molecule has 0 aromatic rings. The van der Waals surface area contributed by atoms with Gasteiger partial charge in [-0.1, -0.05) is 0 Å². The number of methoxy groups -OCH3 is 1. The molecule has 0 spiro atoms. The van der Waals surface area contributed by atoms with E-state index in [0.29, 0.717) is 17.9 Å². The minimum atomic E-state index is 0.372. The first kappa shape index (κ1) is 9.65. The highest BCUT2D eigenvalue weighted by molar-refractivity contribution is 7.80. The normalized spacial score (nSPS) is 9.60. The minimum Gasteiger partial charge on any atom is -0.365 e. The van der Waals surface area contributed by atoms with Gasteiger partial charge in [0.25, 0.3) is 0 Å². The molecular weight excluding hydrogens is 148 g/mol. The van der Waals surface area contributed by atoms with E-state index in [1.54, 1.807) is 7.11 Å². The Morgan fingerprint density at radius 3 is 2.60 bits per heavy atom. The van der Waals surface area contributed by atoms with Gasteiger partial charge in [0.2, 0.25) is 0 Å². The summed E-state index contributed by atoms with van der Waals surface area (Å²) in [7, 11) is 1.62. The van der Waals surface area contributed by atoms with Gasteiger partial charge in [-0.05, 0) is 26.1 Å². The summed E-state index contributed by atoms with van der Waals surface area (Å²) in [5, 5.41) is 6.52. The van der Waals surface area contributed by atoms with Gasteiger partial charge in [-0.25, -0.2) is 0 Å². The molecule has 0 aliphatic heterocycles. The third kappa shape index (κ3) is 5.78. The zero-order chi connectivity index (χ0) is 7.98. The lowest BCUT2D eigenvalue weighted by Gasteiger charge is -2.11.